The molecule has 0 aliphatic heterocycles. The van der Waals surface area contributed by atoms with Crippen molar-refractivity contribution in [3.63, 3.8) is 0 Å². The van der Waals surface area contributed by atoms with Crippen LogP contribution in [0.15, 0.2) is 89.6 Å². The first-order valence-corrected chi connectivity index (χ1v) is 8.38. The van der Waals surface area contributed by atoms with Crippen LogP contribution in [-0.2, 0) is 0 Å². The van der Waals surface area contributed by atoms with E-state index >= 15 is 0 Å². The molecule has 1 atom stereocenters. The van der Waals surface area contributed by atoms with E-state index in [0.717, 1.165) is 40.6 Å². The summed E-state index contributed by atoms with van der Waals surface area (Å²) in [4.78, 5) is 15.9. The highest BCUT2D eigenvalue weighted by Gasteiger charge is 2.06. The van der Waals surface area contributed by atoms with Gasteiger partial charge in [0.1, 0.15) is 0 Å². The summed E-state index contributed by atoms with van der Waals surface area (Å²) in [6.07, 6.45) is 9.89. The van der Waals surface area contributed by atoms with E-state index in [-0.39, 0.29) is 0 Å². The number of benzene rings is 2. The minimum Gasteiger partial charge on any atom is -0.298 e. The predicted octanol–water partition coefficient (Wildman–Crippen LogP) is 5.05. The van der Waals surface area contributed by atoms with Crippen LogP contribution in [0.3, 0.4) is 0 Å². The Morgan fingerprint density at radius 1 is 0.958 bits per heavy atom. The first kappa shape index (κ1) is 16.3. The number of aldehydes is 1. The molecule has 0 radical (unpaired) electrons. The molecule has 0 fully saturated rings. The topological polar surface area (TPSA) is 29.4 Å². The molecular formula is C21H18NOP. The lowest BCUT2D eigenvalue weighted by molar-refractivity contribution is 0.112. The maximum Gasteiger partial charge on any atom is 0.150 e. The van der Waals surface area contributed by atoms with Gasteiger partial charge >= 0.3 is 0 Å². The highest BCUT2D eigenvalue weighted by atomic mass is 31.0. The highest BCUT2D eigenvalue weighted by Crippen LogP contribution is 2.24. The van der Waals surface area contributed by atoms with Gasteiger partial charge in [0, 0.05) is 5.56 Å². The average molecular weight is 331 g/mol. The Bertz CT molecular complexity index is 860. The van der Waals surface area contributed by atoms with Crippen molar-refractivity contribution < 1.29 is 4.79 Å². The molecule has 3 rings (SSSR count). The average Bonchev–Trinajstić information content (AvgIpc) is 2.88. The monoisotopic (exact) mass is 331 g/mol. The molecule has 0 aromatic heterocycles. The summed E-state index contributed by atoms with van der Waals surface area (Å²) in [6.45, 7) is 0. The SMILES string of the molecule is O=Cc1ccccc1C1=CCC=C(N=C(P)c2ccccc2)C=C1. The second-order valence-electron chi connectivity index (χ2n) is 5.43. The molecule has 0 saturated heterocycles. The van der Waals surface area contributed by atoms with Crippen molar-refractivity contribution in [3.05, 3.63) is 101 Å². The van der Waals surface area contributed by atoms with Crippen molar-refractivity contribution in [3.8, 4) is 0 Å². The van der Waals surface area contributed by atoms with E-state index in [1.54, 1.807) is 0 Å². The van der Waals surface area contributed by atoms with Crippen molar-refractivity contribution in [2.24, 2.45) is 4.99 Å². The quantitative estimate of drug-likeness (QED) is 0.438. The van der Waals surface area contributed by atoms with Gasteiger partial charge in [-0.05, 0) is 29.2 Å². The van der Waals surface area contributed by atoms with Crippen molar-refractivity contribution in [2.45, 2.75) is 6.42 Å². The number of hydrogen-bond donors (Lipinski definition) is 0. The van der Waals surface area contributed by atoms with E-state index in [4.69, 9.17) is 0 Å². The molecule has 0 bridgehead atoms. The fraction of sp³-hybridized carbons (Fsp3) is 0.0476. The van der Waals surface area contributed by atoms with Gasteiger partial charge in [0.05, 0.1) is 11.1 Å². The molecule has 0 amide bonds. The number of hydrogen-bond acceptors (Lipinski definition) is 2. The fourth-order valence-corrected chi connectivity index (χ4v) is 2.92. The first-order chi connectivity index (χ1) is 11.8. The summed E-state index contributed by atoms with van der Waals surface area (Å²) < 4.78 is 0. The van der Waals surface area contributed by atoms with Crippen LogP contribution < -0.4 is 0 Å². The van der Waals surface area contributed by atoms with E-state index in [1.807, 2.05) is 66.7 Å². The molecule has 2 aromatic rings. The number of rotatable bonds is 4. The summed E-state index contributed by atoms with van der Waals surface area (Å²) in [5.74, 6) is 0. The minimum atomic E-state index is 0.705. The molecule has 0 N–H and O–H groups in total. The molecule has 118 valence electrons. The van der Waals surface area contributed by atoms with Gasteiger partial charge in [-0.15, -0.1) is 0 Å². The Morgan fingerprint density at radius 3 is 2.50 bits per heavy atom. The smallest absolute Gasteiger partial charge is 0.150 e. The van der Waals surface area contributed by atoms with Crippen LogP contribution in [-0.4, -0.2) is 11.7 Å². The lowest BCUT2D eigenvalue weighted by Gasteiger charge is -2.04. The third-order valence-corrected chi connectivity index (χ3v) is 4.28. The zero-order valence-electron chi connectivity index (χ0n) is 13.2. The highest BCUT2D eigenvalue weighted by molar-refractivity contribution is 7.42. The van der Waals surface area contributed by atoms with Gasteiger partial charge in [-0.2, -0.15) is 0 Å². The zero-order valence-corrected chi connectivity index (χ0v) is 14.4. The normalized spacial score (nSPS) is 14.6. The second-order valence-corrected chi connectivity index (χ2v) is 5.97. The molecular weight excluding hydrogens is 313 g/mol. The summed E-state index contributed by atoms with van der Waals surface area (Å²) in [5.41, 5.74) is 5.61. The molecule has 0 spiro atoms. The summed E-state index contributed by atoms with van der Waals surface area (Å²) in [5, 5.41) is 0. The van der Waals surface area contributed by atoms with Crippen LogP contribution in [0.2, 0.25) is 0 Å². The van der Waals surface area contributed by atoms with Crippen molar-refractivity contribution in [1.82, 2.24) is 0 Å². The second kappa shape index (κ2) is 7.81. The van der Waals surface area contributed by atoms with Gasteiger partial charge in [0.15, 0.2) is 6.29 Å². The Hall–Kier alpha value is -2.57. The number of nitrogens with zero attached hydrogens (tertiary/aromatic N) is 1. The largest absolute Gasteiger partial charge is 0.298 e. The van der Waals surface area contributed by atoms with E-state index < -0.39 is 0 Å². The molecule has 1 aliphatic carbocycles. The summed E-state index contributed by atoms with van der Waals surface area (Å²) >= 11 is 0. The van der Waals surface area contributed by atoms with E-state index in [0.29, 0.717) is 5.56 Å². The van der Waals surface area contributed by atoms with Gasteiger partial charge in [-0.3, -0.25) is 4.79 Å². The van der Waals surface area contributed by atoms with Crippen LogP contribution in [0.5, 0.6) is 0 Å². The van der Waals surface area contributed by atoms with Crippen molar-refractivity contribution in [2.75, 3.05) is 0 Å². The Kier molecular flexibility index (Phi) is 5.30. The lowest BCUT2D eigenvalue weighted by atomic mass is 9.99. The van der Waals surface area contributed by atoms with Gasteiger partial charge in [-0.25, -0.2) is 4.99 Å². The zero-order chi connectivity index (χ0) is 16.8. The first-order valence-electron chi connectivity index (χ1n) is 7.80. The van der Waals surface area contributed by atoms with Crippen molar-refractivity contribution >= 4 is 26.6 Å². The predicted molar refractivity (Wildman–Crippen MR) is 104 cm³/mol. The molecule has 0 heterocycles. The number of carbonyl (C=O) groups excluding carboxylic acids is 1. The van der Waals surface area contributed by atoms with Crippen LogP contribution in [0.4, 0.5) is 0 Å². The Labute approximate surface area is 144 Å². The molecule has 2 aromatic carbocycles. The molecule has 1 unspecified atom stereocenters. The Balaban J connectivity index is 1.84. The standard InChI is InChI=1S/C21H18NOP/c23-15-18-9-4-5-12-20(18)16-10-6-11-19(14-13-16)22-21(24)17-7-2-1-3-8-17/h1-5,7-15H,6,24H2. The third kappa shape index (κ3) is 3.84. The molecule has 2 nitrogen and oxygen atoms in total. The molecule has 3 heteroatoms. The van der Waals surface area contributed by atoms with Gasteiger partial charge < -0.3 is 0 Å². The molecule has 1 aliphatic rings. The van der Waals surface area contributed by atoms with Gasteiger partial charge in [-0.1, -0.05) is 82.1 Å². The maximum absolute atomic E-state index is 11.2. The van der Waals surface area contributed by atoms with Crippen LogP contribution in [0.25, 0.3) is 5.57 Å². The Morgan fingerprint density at radius 2 is 1.71 bits per heavy atom. The van der Waals surface area contributed by atoms with Crippen LogP contribution >= 0.6 is 9.24 Å². The number of aliphatic imine (C=N–C) groups is 1. The number of carbonyl (C=O) groups is 1. The van der Waals surface area contributed by atoms with Crippen molar-refractivity contribution in [1.29, 1.82) is 0 Å². The van der Waals surface area contributed by atoms with Gasteiger partial charge in [0.25, 0.3) is 0 Å². The van der Waals surface area contributed by atoms with Gasteiger partial charge in [0.2, 0.25) is 0 Å². The third-order valence-electron chi connectivity index (χ3n) is 3.82. The lowest BCUT2D eigenvalue weighted by Crippen LogP contribution is -1.90. The molecule has 24 heavy (non-hydrogen) atoms. The summed E-state index contributed by atoms with van der Waals surface area (Å²) in [7, 11) is 2.70. The maximum atomic E-state index is 11.2. The van der Waals surface area contributed by atoms with E-state index in [9.17, 15) is 4.79 Å². The van der Waals surface area contributed by atoms with Crippen LogP contribution in [0.1, 0.15) is 27.9 Å². The fourth-order valence-electron chi connectivity index (χ4n) is 2.58. The van der Waals surface area contributed by atoms with E-state index in [2.05, 4.69) is 26.4 Å². The van der Waals surface area contributed by atoms with Crippen LogP contribution in [0, 0.1) is 0 Å². The minimum absolute atomic E-state index is 0.705. The number of allylic oxidation sites excluding steroid dienone is 5. The molecule has 0 saturated carbocycles. The van der Waals surface area contributed by atoms with E-state index in [1.165, 1.54) is 0 Å². The summed E-state index contributed by atoms with van der Waals surface area (Å²) in [6, 6.07) is 17.7.